The molecular formula is C10H15N3O2. The molecule has 82 valence electrons. The smallest absolute Gasteiger partial charge is 0.272 e. The van der Waals surface area contributed by atoms with Gasteiger partial charge in [0.1, 0.15) is 5.69 Å². The van der Waals surface area contributed by atoms with Crippen molar-refractivity contribution < 1.29 is 9.90 Å². The van der Waals surface area contributed by atoms with E-state index in [1.165, 1.54) is 12.5 Å². The van der Waals surface area contributed by atoms with Crippen molar-refractivity contribution in [1.29, 1.82) is 0 Å². The molecule has 1 saturated heterocycles. The lowest BCUT2D eigenvalue weighted by Crippen LogP contribution is -2.29. The van der Waals surface area contributed by atoms with Crippen LogP contribution in [0.4, 0.5) is 0 Å². The first-order valence-electron chi connectivity index (χ1n) is 5.18. The lowest BCUT2D eigenvalue weighted by Gasteiger charge is -2.14. The monoisotopic (exact) mass is 209 g/mol. The van der Waals surface area contributed by atoms with Crippen molar-refractivity contribution >= 4 is 5.91 Å². The fourth-order valence-electron chi connectivity index (χ4n) is 1.96. The Morgan fingerprint density at radius 3 is 3.07 bits per heavy atom. The molecule has 5 nitrogen and oxygen atoms in total. The number of aromatic nitrogens is 2. The van der Waals surface area contributed by atoms with Crippen molar-refractivity contribution in [2.24, 2.45) is 5.92 Å². The van der Waals surface area contributed by atoms with Crippen LogP contribution >= 0.6 is 0 Å². The zero-order valence-electron chi connectivity index (χ0n) is 8.68. The average Bonchev–Trinajstić information content (AvgIpc) is 2.85. The number of nitrogens with zero attached hydrogens (tertiary/aromatic N) is 2. The van der Waals surface area contributed by atoms with Gasteiger partial charge in [-0.2, -0.15) is 0 Å². The van der Waals surface area contributed by atoms with Gasteiger partial charge in [0.25, 0.3) is 5.91 Å². The number of likely N-dealkylation sites (tertiary alicyclic amines) is 1. The number of imidazole rings is 1. The van der Waals surface area contributed by atoms with Crippen LogP contribution in [-0.2, 0) is 0 Å². The van der Waals surface area contributed by atoms with Gasteiger partial charge in [-0.3, -0.25) is 4.79 Å². The van der Waals surface area contributed by atoms with Crippen molar-refractivity contribution in [3.8, 4) is 0 Å². The van der Waals surface area contributed by atoms with Crippen molar-refractivity contribution in [3.05, 3.63) is 18.2 Å². The first-order chi connectivity index (χ1) is 7.22. The standard InChI is InChI=1S/C10H15N3O2/c1-2-7-4-13(5-9(7)14)10(15)8-3-11-6-12-8/h3,6-7,9,14H,2,4-5H2,1H3,(H,11,12). The Morgan fingerprint density at radius 2 is 2.53 bits per heavy atom. The number of β-amino-alcohol motifs (C(OH)–C–C–N with tert-alkyl or cyclic N) is 1. The summed E-state index contributed by atoms with van der Waals surface area (Å²) in [7, 11) is 0. The number of nitrogens with one attached hydrogen (secondary N) is 1. The fraction of sp³-hybridized carbons (Fsp3) is 0.600. The molecular weight excluding hydrogens is 194 g/mol. The van der Waals surface area contributed by atoms with E-state index < -0.39 is 0 Å². The maximum Gasteiger partial charge on any atom is 0.272 e. The topological polar surface area (TPSA) is 69.2 Å². The zero-order chi connectivity index (χ0) is 10.8. The molecule has 15 heavy (non-hydrogen) atoms. The Hall–Kier alpha value is -1.36. The van der Waals surface area contributed by atoms with Gasteiger partial charge in [0, 0.05) is 19.0 Å². The third-order valence-electron chi connectivity index (χ3n) is 2.95. The largest absolute Gasteiger partial charge is 0.391 e. The number of hydrogen-bond donors (Lipinski definition) is 2. The molecule has 2 rings (SSSR count). The molecule has 2 heterocycles. The van der Waals surface area contributed by atoms with Crippen LogP contribution in [0.15, 0.2) is 12.5 Å². The predicted octanol–water partition coefficient (Wildman–Crippen LogP) is 0.253. The summed E-state index contributed by atoms with van der Waals surface area (Å²) >= 11 is 0. The van der Waals surface area contributed by atoms with Crippen LogP contribution in [0, 0.1) is 5.92 Å². The summed E-state index contributed by atoms with van der Waals surface area (Å²) in [4.78, 5) is 20.1. The average molecular weight is 209 g/mol. The van der Waals surface area contributed by atoms with E-state index in [4.69, 9.17) is 0 Å². The van der Waals surface area contributed by atoms with Crippen molar-refractivity contribution in [2.75, 3.05) is 13.1 Å². The fourth-order valence-corrected chi connectivity index (χ4v) is 1.96. The summed E-state index contributed by atoms with van der Waals surface area (Å²) in [6.45, 7) is 3.09. The first-order valence-corrected chi connectivity index (χ1v) is 5.18. The second kappa shape index (κ2) is 4.02. The Kier molecular flexibility index (Phi) is 2.73. The van der Waals surface area contributed by atoms with Crippen molar-refractivity contribution in [1.82, 2.24) is 14.9 Å². The second-order valence-electron chi connectivity index (χ2n) is 3.91. The number of aromatic amines is 1. The SMILES string of the molecule is CCC1CN(C(=O)c2cnc[nH]2)CC1O. The number of H-pyrrole nitrogens is 1. The van der Waals surface area contributed by atoms with Crippen LogP contribution in [0.25, 0.3) is 0 Å². The van der Waals surface area contributed by atoms with Gasteiger partial charge in [-0.05, 0) is 6.42 Å². The molecule has 1 aliphatic heterocycles. The van der Waals surface area contributed by atoms with Gasteiger partial charge in [0.05, 0.1) is 18.6 Å². The summed E-state index contributed by atoms with van der Waals surface area (Å²) < 4.78 is 0. The Balaban J connectivity index is 2.05. The van der Waals surface area contributed by atoms with Gasteiger partial charge in [0.2, 0.25) is 0 Å². The zero-order valence-corrected chi connectivity index (χ0v) is 8.68. The number of carbonyl (C=O) groups is 1. The van der Waals surface area contributed by atoms with Crippen LogP contribution in [-0.4, -0.2) is 45.1 Å². The van der Waals surface area contributed by atoms with Gasteiger partial charge in [-0.15, -0.1) is 0 Å². The van der Waals surface area contributed by atoms with Crippen LogP contribution < -0.4 is 0 Å². The van der Waals surface area contributed by atoms with E-state index in [1.54, 1.807) is 4.90 Å². The molecule has 1 fully saturated rings. The molecule has 2 unspecified atom stereocenters. The minimum atomic E-state index is -0.387. The quantitative estimate of drug-likeness (QED) is 0.733. The molecule has 2 atom stereocenters. The Bertz CT molecular complexity index is 336. The van der Waals surface area contributed by atoms with Gasteiger partial charge >= 0.3 is 0 Å². The molecule has 1 aromatic rings. The van der Waals surface area contributed by atoms with Crippen molar-refractivity contribution in [2.45, 2.75) is 19.4 Å². The molecule has 0 radical (unpaired) electrons. The van der Waals surface area contributed by atoms with E-state index in [9.17, 15) is 9.90 Å². The van der Waals surface area contributed by atoms with Gasteiger partial charge in [0.15, 0.2) is 0 Å². The Morgan fingerprint density at radius 1 is 1.73 bits per heavy atom. The van der Waals surface area contributed by atoms with Crippen molar-refractivity contribution in [3.63, 3.8) is 0 Å². The van der Waals surface area contributed by atoms with Crippen LogP contribution in [0.1, 0.15) is 23.8 Å². The van der Waals surface area contributed by atoms with E-state index in [2.05, 4.69) is 9.97 Å². The van der Waals surface area contributed by atoms with E-state index in [0.29, 0.717) is 18.8 Å². The molecule has 1 aliphatic rings. The number of aliphatic hydroxyl groups is 1. The highest BCUT2D eigenvalue weighted by Crippen LogP contribution is 2.21. The normalized spacial score (nSPS) is 25.9. The minimum Gasteiger partial charge on any atom is -0.391 e. The van der Waals surface area contributed by atoms with Gasteiger partial charge in [-0.1, -0.05) is 6.92 Å². The highest BCUT2D eigenvalue weighted by molar-refractivity contribution is 5.92. The number of hydrogen-bond acceptors (Lipinski definition) is 3. The third-order valence-corrected chi connectivity index (χ3v) is 2.95. The number of rotatable bonds is 2. The number of aliphatic hydroxyl groups excluding tert-OH is 1. The van der Waals surface area contributed by atoms with Gasteiger partial charge < -0.3 is 15.0 Å². The summed E-state index contributed by atoms with van der Waals surface area (Å²) in [5.41, 5.74) is 0.485. The molecule has 0 spiro atoms. The summed E-state index contributed by atoms with van der Waals surface area (Å²) in [5, 5.41) is 9.69. The van der Waals surface area contributed by atoms with Crippen LogP contribution in [0.5, 0.6) is 0 Å². The third kappa shape index (κ3) is 1.87. The molecule has 2 N–H and O–H groups in total. The summed E-state index contributed by atoms with van der Waals surface area (Å²) in [6.07, 6.45) is 3.50. The first kappa shape index (κ1) is 10.2. The molecule has 5 heteroatoms. The summed E-state index contributed by atoms with van der Waals surface area (Å²) in [5.74, 6) is 0.124. The van der Waals surface area contributed by atoms with E-state index in [1.807, 2.05) is 6.92 Å². The predicted molar refractivity (Wildman–Crippen MR) is 54.3 cm³/mol. The van der Waals surface area contributed by atoms with E-state index in [0.717, 1.165) is 6.42 Å². The lowest BCUT2D eigenvalue weighted by molar-refractivity contribution is 0.0759. The minimum absolute atomic E-state index is 0.0810. The van der Waals surface area contributed by atoms with E-state index in [-0.39, 0.29) is 17.9 Å². The molecule has 0 bridgehead atoms. The van der Waals surface area contributed by atoms with E-state index >= 15 is 0 Å². The number of amides is 1. The molecule has 0 aliphatic carbocycles. The second-order valence-corrected chi connectivity index (χ2v) is 3.91. The highest BCUT2D eigenvalue weighted by Gasteiger charge is 2.33. The Labute approximate surface area is 88.1 Å². The molecule has 1 aromatic heterocycles. The summed E-state index contributed by atoms with van der Waals surface area (Å²) in [6, 6.07) is 0. The highest BCUT2D eigenvalue weighted by atomic mass is 16.3. The molecule has 0 aromatic carbocycles. The molecule has 1 amide bonds. The molecule has 0 saturated carbocycles. The van der Waals surface area contributed by atoms with Gasteiger partial charge in [-0.25, -0.2) is 4.98 Å². The number of carbonyl (C=O) groups excluding carboxylic acids is 1. The van der Waals surface area contributed by atoms with Crippen LogP contribution in [0.3, 0.4) is 0 Å². The maximum absolute atomic E-state index is 11.9. The lowest BCUT2D eigenvalue weighted by atomic mass is 10.0. The maximum atomic E-state index is 11.9. The van der Waals surface area contributed by atoms with Crippen LogP contribution in [0.2, 0.25) is 0 Å².